The van der Waals surface area contributed by atoms with Crippen LogP contribution < -0.4 is 5.32 Å². The zero-order valence-electron chi connectivity index (χ0n) is 11.8. The molecule has 0 saturated heterocycles. The van der Waals surface area contributed by atoms with E-state index in [4.69, 9.17) is 16.3 Å². The number of nitrogens with one attached hydrogen (secondary N) is 1. The van der Waals surface area contributed by atoms with E-state index in [-0.39, 0.29) is 17.1 Å². The van der Waals surface area contributed by atoms with Gasteiger partial charge in [0.2, 0.25) is 0 Å². The van der Waals surface area contributed by atoms with Crippen molar-refractivity contribution < 1.29 is 23.1 Å². The molecular weight excluding hydrogens is 328 g/mol. The summed E-state index contributed by atoms with van der Waals surface area (Å²) in [6.07, 6.45) is -0.145. The van der Waals surface area contributed by atoms with E-state index < -0.39 is 30.1 Å². The number of anilines is 1. The molecular formula is C16H12ClF2NO3. The minimum absolute atomic E-state index is 0.133. The standard InChI is InChI=1S/C16H12ClF2NO3/c17-13-8-12(4-5-14(13)19)20-15(21)9-23-16(22)7-10-2-1-3-11(18)6-10/h1-6,8H,7,9H2,(H,20,21). The van der Waals surface area contributed by atoms with Gasteiger partial charge in [0.05, 0.1) is 11.4 Å². The number of carbonyl (C=O) groups excluding carboxylic acids is 2. The fourth-order valence-corrected chi connectivity index (χ4v) is 1.96. The fraction of sp³-hybridized carbons (Fsp3) is 0.125. The molecule has 0 unspecified atom stereocenters. The normalized spacial score (nSPS) is 10.2. The van der Waals surface area contributed by atoms with Gasteiger partial charge in [0.25, 0.3) is 5.91 Å². The van der Waals surface area contributed by atoms with Crippen LogP contribution >= 0.6 is 11.6 Å². The van der Waals surface area contributed by atoms with Crippen LogP contribution in [0.1, 0.15) is 5.56 Å². The van der Waals surface area contributed by atoms with Crippen LogP contribution in [0.2, 0.25) is 5.02 Å². The zero-order valence-corrected chi connectivity index (χ0v) is 12.6. The maximum atomic E-state index is 13.0. The van der Waals surface area contributed by atoms with Crippen LogP contribution in [0.3, 0.4) is 0 Å². The van der Waals surface area contributed by atoms with E-state index in [1.807, 2.05) is 0 Å². The van der Waals surface area contributed by atoms with E-state index >= 15 is 0 Å². The number of hydrogen-bond acceptors (Lipinski definition) is 3. The Morgan fingerprint density at radius 2 is 1.91 bits per heavy atom. The summed E-state index contributed by atoms with van der Waals surface area (Å²) in [5, 5.41) is 2.28. The van der Waals surface area contributed by atoms with Gasteiger partial charge in [-0.15, -0.1) is 0 Å². The van der Waals surface area contributed by atoms with E-state index in [1.165, 1.54) is 30.3 Å². The van der Waals surface area contributed by atoms with E-state index in [0.29, 0.717) is 5.56 Å². The maximum absolute atomic E-state index is 13.0. The van der Waals surface area contributed by atoms with E-state index in [2.05, 4.69) is 5.32 Å². The Kier molecular flexibility index (Phi) is 5.65. The van der Waals surface area contributed by atoms with Crippen molar-refractivity contribution >= 4 is 29.2 Å². The molecule has 0 radical (unpaired) electrons. The van der Waals surface area contributed by atoms with Crippen molar-refractivity contribution in [2.45, 2.75) is 6.42 Å². The number of halogens is 3. The number of hydrogen-bond donors (Lipinski definition) is 1. The molecule has 0 heterocycles. The van der Waals surface area contributed by atoms with Crippen molar-refractivity contribution in [2.24, 2.45) is 0 Å². The zero-order chi connectivity index (χ0) is 16.8. The maximum Gasteiger partial charge on any atom is 0.310 e. The second-order valence-corrected chi connectivity index (χ2v) is 5.05. The second kappa shape index (κ2) is 7.69. The number of ether oxygens (including phenoxy) is 1. The van der Waals surface area contributed by atoms with Crippen LogP contribution in [0, 0.1) is 11.6 Å². The highest BCUT2D eigenvalue weighted by molar-refractivity contribution is 6.31. The third kappa shape index (κ3) is 5.34. The topological polar surface area (TPSA) is 55.4 Å². The second-order valence-electron chi connectivity index (χ2n) is 4.64. The van der Waals surface area contributed by atoms with Gasteiger partial charge in [-0.2, -0.15) is 0 Å². The number of amides is 1. The summed E-state index contributed by atoms with van der Waals surface area (Å²) >= 11 is 5.59. The van der Waals surface area contributed by atoms with Crippen molar-refractivity contribution in [3.8, 4) is 0 Å². The smallest absolute Gasteiger partial charge is 0.310 e. The number of esters is 1. The minimum Gasteiger partial charge on any atom is -0.455 e. The summed E-state index contributed by atoms with van der Waals surface area (Å²) in [5.74, 6) is -2.32. The van der Waals surface area contributed by atoms with Gasteiger partial charge in [0.1, 0.15) is 11.6 Å². The summed E-state index contributed by atoms with van der Waals surface area (Å²) < 4.78 is 30.8. The third-order valence-electron chi connectivity index (χ3n) is 2.81. The lowest BCUT2D eigenvalue weighted by Crippen LogP contribution is -2.21. The Balaban J connectivity index is 1.81. The van der Waals surface area contributed by atoms with Crippen molar-refractivity contribution in [2.75, 3.05) is 11.9 Å². The largest absolute Gasteiger partial charge is 0.455 e. The average Bonchev–Trinajstić information content (AvgIpc) is 2.49. The molecule has 0 aliphatic carbocycles. The van der Waals surface area contributed by atoms with Gasteiger partial charge in [0, 0.05) is 5.69 Å². The fourth-order valence-electron chi connectivity index (χ4n) is 1.78. The van der Waals surface area contributed by atoms with Gasteiger partial charge in [-0.25, -0.2) is 8.78 Å². The lowest BCUT2D eigenvalue weighted by molar-refractivity contribution is -0.146. The summed E-state index contributed by atoms with van der Waals surface area (Å²) in [6, 6.07) is 9.19. The molecule has 0 aromatic heterocycles. The summed E-state index contributed by atoms with van der Waals surface area (Å²) in [6.45, 7) is -0.511. The molecule has 4 nitrogen and oxygen atoms in total. The van der Waals surface area contributed by atoms with E-state index in [1.54, 1.807) is 6.07 Å². The van der Waals surface area contributed by atoms with Crippen LogP contribution in [0.15, 0.2) is 42.5 Å². The molecule has 0 saturated carbocycles. The lowest BCUT2D eigenvalue weighted by Gasteiger charge is -2.07. The molecule has 1 N–H and O–H groups in total. The summed E-state index contributed by atoms with van der Waals surface area (Å²) in [4.78, 5) is 23.2. The molecule has 2 rings (SSSR count). The number of benzene rings is 2. The van der Waals surface area contributed by atoms with Crippen LogP contribution in [0.4, 0.5) is 14.5 Å². The first kappa shape index (κ1) is 16.9. The molecule has 2 aromatic rings. The third-order valence-corrected chi connectivity index (χ3v) is 3.09. The van der Waals surface area contributed by atoms with Gasteiger partial charge in [0.15, 0.2) is 6.61 Å². The molecule has 0 bridgehead atoms. The Labute approximate surface area is 136 Å². The predicted octanol–water partition coefficient (Wildman–Crippen LogP) is 3.34. The number of carbonyl (C=O) groups is 2. The van der Waals surface area contributed by atoms with Crippen molar-refractivity contribution in [1.29, 1.82) is 0 Å². The van der Waals surface area contributed by atoms with Crippen LogP contribution in [-0.4, -0.2) is 18.5 Å². The molecule has 2 aromatic carbocycles. The Morgan fingerprint density at radius 3 is 2.61 bits per heavy atom. The molecule has 7 heteroatoms. The molecule has 0 aliphatic rings. The van der Waals surface area contributed by atoms with Crippen molar-refractivity contribution in [1.82, 2.24) is 0 Å². The van der Waals surface area contributed by atoms with Gasteiger partial charge in [-0.05, 0) is 35.9 Å². The van der Waals surface area contributed by atoms with Crippen LogP contribution in [0.25, 0.3) is 0 Å². The molecule has 1 amide bonds. The summed E-state index contributed by atoms with van der Waals surface area (Å²) in [7, 11) is 0. The summed E-state index contributed by atoms with van der Waals surface area (Å²) in [5.41, 5.74) is 0.725. The highest BCUT2D eigenvalue weighted by atomic mass is 35.5. The molecule has 0 fully saturated rings. The molecule has 0 aliphatic heterocycles. The first-order valence-electron chi connectivity index (χ1n) is 6.59. The highest BCUT2D eigenvalue weighted by Gasteiger charge is 2.10. The quantitative estimate of drug-likeness (QED) is 0.850. The Morgan fingerprint density at radius 1 is 1.13 bits per heavy atom. The predicted molar refractivity (Wildman–Crippen MR) is 81.1 cm³/mol. The molecule has 0 spiro atoms. The van der Waals surface area contributed by atoms with E-state index in [9.17, 15) is 18.4 Å². The Bertz CT molecular complexity index is 737. The Hall–Kier alpha value is -2.47. The minimum atomic E-state index is -0.664. The molecule has 0 atom stereocenters. The van der Waals surface area contributed by atoms with Crippen LogP contribution in [0.5, 0.6) is 0 Å². The molecule has 120 valence electrons. The first-order chi connectivity index (χ1) is 10.9. The van der Waals surface area contributed by atoms with Gasteiger partial charge in [-0.3, -0.25) is 9.59 Å². The van der Waals surface area contributed by atoms with Crippen molar-refractivity contribution in [3.05, 3.63) is 64.7 Å². The molecule has 23 heavy (non-hydrogen) atoms. The van der Waals surface area contributed by atoms with E-state index in [0.717, 1.165) is 6.07 Å². The first-order valence-corrected chi connectivity index (χ1v) is 6.97. The number of rotatable bonds is 5. The highest BCUT2D eigenvalue weighted by Crippen LogP contribution is 2.19. The monoisotopic (exact) mass is 339 g/mol. The lowest BCUT2D eigenvalue weighted by atomic mass is 10.1. The average molecular weight is 340 g/mol. The van der Waals surface area contributed by atoms with Gasteiger partial charge in [-0.1, -0.05) is 23.7 Å². The van der Waals surface area contributed by atoms with Gasteiger partial charge < -0.3 is 10.1 Å². The SMILES string of the molecule is O=C(COC(=O)Cc1cccc(F)c1)Nc1ccc(F)c(Cl)c1. The van der Waals surface area contributed by atoms with Crippen LogP contribution in [-0.2, 0) is 20.7 Å². The van der Waals surface area contributed by atoms with Gasteiger partial charge >= 0.3 is 5.97 Å². The van der Waals surface area contributed by atoms with Crippen molar-refractivity contribution in [3.63, 3.8) is 0 Å².